The fourth-order valence-electron chi connectivity index (χ4n) is 3.49. The predicted octanol–water partition coefficient (Wildman–Crippen LogP) is 2.36. The molecule has 0 radical (unpaired) electrons. The Kier molecular flexibility index (Phi) is 5.80. The third-order valence-corrected chi connectivity index (χ3v) is 5.13. The van der Waals surface area contributed by atoms with Gasteiger partial charge in [0, 0.05) is 44.3 Å². The molecule has 2 rings (SSSR count). The van der Waals surface area contributed by atoms with Crippen LogP contribution in [0.15, 0.2) is 30.3 Å². The number of nitrogens with zero attached hydrogens (tertiary/aromatic N) is 2. The summed E-state index contributed by atoms with van der Waals surface area (Å²) in [7, 11) is 0. The fraction of sp³-hybridized carbons (Fsp3) is 0.667. The van der Waals surface area contributed by atoms with Crippen LogP contribution in [0.25, 0.3) is 0 Å². The number of nitrogens with two attached hydrogens (primary N) is 1. The van der Waals surface area contributed by atoms with Gasteiger partial charge < -0.3 is 5.73 Å². The van der Waals surface area contributed by atoms with Crippen LogP contribution >= 0.6 is 0 Å². The Morgan fingerprint density at radius 1 is 1.10 bits per heavy atom. The second-order valence-electron chi connectivity index (χ2n) is 6.56. The maximum Gasteiger partial charge on any atom is 0.0370 e. The van der Waals surface area contributed by atoms with Gasteiger partial charge in [0.1, 0.15) is 0 Å². The molecule has 1 heterocycles. The predicted molar refractivity (Wildman–Crippen MR) is 90.5 cm³/mol. The first-order chi connectivity index (χ1) is 10.1. The highest BCUT2D eigenvalue weighted by molar-refractivity contribution is 5.18. The van der Waals surface area contributed by atoms with Crippen LogP contribution in [0.2, 0.25) is 0 Å². The van der Waals surface area contributed by atoms with E-state index in [0.29, 0.717) is 6.04 Å². The average Bonchev–Trinajstić information content (AvgIpc) is 2.54. The van der Waals surface area contributed by atoms with Crippen LogP contribution in [0.1, 0.15) is 32.8 Å². The Balaban J connectivity index is 2.08. The van der Waals surface area contributed by atoms with Gasteiger partial charge in [0.15, 0.2) is 0 Å². The molecule has 0 amide bonds. The Labute approximate surface area is 130 Å². The first kappa shape index (κ1) is 16.5. The summed E-state index contributed by atoms with van der Waals surface area (Å²) in [6, 6.07) is 11.4. The van der Waals surface area contributed by atoms with Crippen molar-refractivity contribution in [1.82, 2.24) is 9.80 Å². The summed E-state index contributed by atoms with van der Waals surface area (Å²) in [6.45, 7) is 12.2. The highest BCUT2D eigenvalue weighted by atomic mass is 15.3. The van der Waals surface area contributed by atoms with Gasteiger partial charge in [-0.15, -0.1) is 0 Å². The lowest BCUT2D eigenvalue weighted by atomic mass is 9.85. The summed E-state index contributed by atoms with van der Waals surface area (Å²) in [6.07, 6.45) is 2.17. The molecule has 1 atom stereocenters. The van der Waals surface area contributed by atoms with Crippen molar-refractivity contribution in [1.29, 1.82) is 0 Å². The van der Waals surface area contributed by atoms with Gasteiger partial charge in [-0.05, 0) is 32.3 Å². The summed E-state index contributed by atoms with van der Waals surface area (Å²) < 4.78 is 0. The van der Waals surface area contributed by atoms with E-state index in [1.807, 2.05) is 0 Å². The van der Waals surface area contributed by atoms with Crippen molar-refractivity contribution in [2.75, 3.05) is 32.7 Å². The molecule has 0 aromatic heterocycles. The molecule has 3 nitrogen and oxygen atoms in total. The minimum Gasteiger partial charge on any atom is -0.329 e. The van der Waals surface area contributed by atoms with E-state index < -0.39 is 0 Å². The highest BCUT2D eigenvalue weighted by Gasteiger charge is 2.36. The van der Waals surface area contributed by atoms with Crippen LogP contribution in [0, 0.1) is 0 Å². The zero-order valence-corrected chi connectivity index (χ0v) is 13.9. The van der Waals surface area contributed by atoms with Gasteiger partial charge in [-0.2, -0.15) is 0 Å². The summed E-state index contributed by atoms with van der Waals surface area (Å²) in [4.78, 5) is 5.20. The molecular formula is C18H31N3. The molecule has 1 fully saturated rings. The maximum atomic E-state index is 6.24. The van der Waals surface area contributed by atoms with Gasteiger partial charge in [0.25, 0.3) is 0 Å². The third-order valence-electron chi connectivity index (χ3n) is 5.13. The standard InChI is InChI=1S/C18H31N3/c1-4-18(15-19,14-17-8-6-5-7-9-17)21-12-10-20(11-13-21)16(2)3/h5-9,16H,4,10-15,19H2,1-3H3. The van der Waals surface area contributed by atoms with Gasteiger partial charge in [0.05, 0.1) is 0 Å². The molecule has 2 N–H and O–H groups in total. The van der Waals surface area contributed by atoms with Crippen LogP contribution in [0.5, 0.6) is 0 Å². The molecule has 1 aliphatic heterocycles. The van der Waals surface area contributed by atoms with Crippen molar-refractivity contribution in [2.45, 2.75) is 45.2 Å². The summed E-state index contributed by atoms with van der Waals surface area (Å²) in [5.41, 5.74) is 7.75. The summed E-state index contributed by atoms with van der Waals surface area (Å²) in [5, 5.41) is 0. The lowest BCUT2D eigenvalue weighted by molar-refractivity contribution is 0.0233. The molecular weight excluding hydrogens is 258 g/mol. The van der Waals surface area contributed by atoms with E-state index in [1.54, 1.807) is 0 Å². The molecule has 0 aliphatic carbocycles. The number of hydrogen-bond acceptors (Lipinski definition) is 3. The molecule has 1 aliphatic rings. The van der Waals surface area contributed by atoms with Crippen molar-refractivity contribution in [2.24, 2.45) is 5.73 Å². The van der Waals surface area contributed by atoms with E-state index in [9.17, 15) is 0 Å². The minimum atomic E-state index is 0.115. The first-order valence-electron chi connectivity index (χ1n) is 8.34. The topological polar surface area (TPSA) is 32.5 Å². The maximum absolute atomic E-state index is 6.24. The van der Waals surface area contributed by atoms with E-state index >= 15 is 0 Å². The lowest BCUT2D eigenvalue weighted by Gasteiger charge is -2.48. The van der Waals surface area contributed by atoms with Crippen LogP contribution in [-0.2, 0) is 6.42 Å². The zero-order valence-electron chi connectivity index (χ0n) is 13.9. The van der Waals surface area contributed by atoms with Gasteiger partial charge in [-0.25, -0.2) is 0 Å². The number of piperazine rings is 1. The lowest BCUT2D eigenvalue weighted by Crippen LogP contribution is -2.61. The van der Waals surface area contributed by atoms with Gasteiger partial charge in [-0.3, -0.25) is 9.80 Å². The quantitative estimate of drug-likeness (QED) is 0.872. The van der Waals surface area contributed by atoms with Crippen molar-refractivity contribution in [3.8, 4) is 0 Å². The molecule has 21 heavy (non-hydrogen) atoms. The van der Waals surface area contributed by atoms with Crippen LogP contribution in [0.4, 0.5) is 0 Å². The minimum absolute atomic E-state index is 0.115. The average molecular weight is 289 g/mol. The Bertz CT molecular complexity index is 404. The van der Waals surface area contributed by atoms with Crippen molar-refractivity contribution in [3.63, 3.8) is 0 Å². The molecule has 3 heteroatoms. The van der Waals surface area contributed by atoms with Crippen LogP contribution in [0.3, 0.4) is 0 Å². The fourth-order valence-corrected chi connectivity index (χ4v) is 3.49. The molecule has 0 bridgehead atoms. The Hall–Kier alpha value is -0.900. The zero-order chi connectivity index (χ0) is 15.3. The summed E-state index contributed by atoms with van der Waals surface area (Å²) in [5.74, 6) is 0. The molecule has 1 aromatic carbocycles. The second kappa shape index (κ2) is 7.39. The number of rotatable bonds is 6. The van der Waals surface area contributed by atoms with E-state index in [1.165, 1.54) is 5.56 Å². The monoisotopic (exact) mass is 289 g/mol. The van der Waals surface area contributed by atoms with E-state index in [4.69, 9.17) is 5.73 Å². The van der Waals surface area contributed by atoms with Gasteiger partial charge >= 0.3 is 0 Å². The molecule has 1 unspecified atom stereocenters. The van der Waals surface area contributed by atoms with E-state index in [-0.39, 0.29) is 5.54 Å². The second-order valence-corrected chi connectivity index (χ2v) is 6.56. The van der Waals surface area contributed by atoms with Crippen LogP contribution in [-0.4, -0.2) is 54.1 Å². The Morgan fingerprint density at radius 3 is 2.19 bits per heavy atom. The van der Waals surface area contributed by atoms with E-state index in [0.717, 1.165) is 45.6 Å². The first-order valence-corrected chi connectivity index (χ1v) is 8.34. The van der Waals surface area contributed by atoms with Gasteiger partial charge in [-0.1, -0.05) is 37.3 Å². The van der Waals surface area contributed by atoms with Crippen LogP contribution < -0.4 is 5.73 Å². The number of hydrogen-bond donors (Lipinski definition) is 1. The van der Waals surface area contributed by atoms with Gasteiger partial charge in [0.2, 0.25) is 0 Å². The smallest absolute Gasteiger partial charge is 0.0370 e. The molecule has 0 saturated carbocycles. The normalized spacial score (nSPS) is 20.6. The molecule has 1 aromatic rings. The van der Waals surface area contributed by atoms with Crippen molar-refractivity contribution < 1.29 is 0 Å². The van der Waals surface area contributed by atoms with E-state index in [2.05, 4.69) is 60.9 Å². The highest BCUT2D eigenvalue weighted by Crippen LogP contribution is 2.26. The molecule has 118 valence electrons. The molecule has 1 saturated heterocycles. The summed E-state index contributed by atoms with van der Waals surface area (Å²) >= 11 is 0. The number of benzene rings is 1. The van der Waals surface area contributed by atoms with Crippen molar-refractivity contribution in [3.05, 3.63) is 35.9 Å². The SMILES string of the molecule is CCC(CN)(Cc1ccccc1)N1CCN(C(C)C)CC1. The van der Waals surface area contributed by atoms with Crippen molar-refractivity contribution >= 4 is 0 Å². The third kappa shape index (κ3) is 3.85. The Morgan fingerprint density at radius 2 is 1.71 bits per heavy atom. The largest absolute Gasteiger partial charge is 0.329 e. The molecule has 0 spiro atoms.